The Kier molecular flexibility index (Phi) is 4.73. The van der Waals surface area contributed by atoms with Crippen molar-refractivity contribution in [2.45, 2.75) is 13.8 Å². The Morgan fingerprint density at radius 1 is 1.24 bits per heavy atom. The summed E-state index contributed by atoms with van der Waals surface area (Å²) in [6, 6.07) is 6.96. The number of carbonyl (C=O) groups excluding carboxylic acids is 1. The number of benzene rings is 2. The fourth-order valence-electron chi connectivity index (χ4n) is 1.92. The lowest BCUT2D eigenvalue weighted by molar-refractivity contribution is 0.103. The summed E-state index contributed by atoms with van der Waals surface area (Å²) in [5, 5.41) is 0. The van der Waals surface area contributed by atoms with Gasteiger partial charge in [0.2, 0.25) is 0 Å². The molecule has 0 N–H and O–H groups in total. The van der Waals surface area contributed by atoms with Crippen LogP contribution in [-0.2, 0) is 0 Å². The first kappa shape index (κ1) is 15.6. The normalized spacial score (nSPS) is 10.5. The van der Waals surface area contributed by atoms with Crippen molar-refractivity contribution in [3.63, 3.8) is 0 Å². The molecule has 0 saturated carbocycles. The third kappa shape index (κ3) is 3.13. The number of hydrogen-bond donors (Lipinski definition) is 0. The molecule has 0 spiro atoms. The highest BCUT2D eigenvalue weighted by Crippen LogP contribution is 2.28. The van der Waals surface area contributed by atoms with Gasteiger partial charge in [0.1, 0.15) is 17.4 Å². The minimum absolute atomic E-state index is 0.189. The zero-order valence-electron chi connectivity index (χ0n) is 11.5. The van der Waals surface area contributed by atoms with Gasteiger partial charge in [0.25, 0.3) is 0 Å². The van der Waals surface area contributed by atoms with Gasteiger partial charge in [0.05, 0.1) is 16.6 Å². The standard InChI is InChI=1S/C16H13BrF2O2/c1-3-21-13-7-5-10(8-11(13)17)16(20)14-12(18)6-4-9(2)15(14)19/h4-8H,3H2,1-2H3. The molecule has 0 heterocycles. The van der Waals surface area contributed by atoms with E-state index in [-0.39, 0.29) is 11.1 Å². The molecule has 0 radical (unpaired) electrons. The molecule has 21 heavy (non-hydrogen) atoms. The Bertz CT molecular complexity index is 699. The summed E-state index contributed by atoms with van der Waals surface area (Å²) in [5.41, 5.74) is -0.121. The average Bonchev–Trinajstić information content (AvgIpc) is 2.45. The second kappa shape index (κ2) is 6.35. The van der Waals surface area contributed by atoms with Crippen LogP contribution in [0.15, 0.2) is 34.8 Å². The van der Waals surface area contributed by atoms with Crippen molar-refractivity contribution in [1.82, 2.24) is 0 Å². The van der Waals surface area contributed by atoms with Crippen molar-refractivity contribution in [2.75, 3.05) is 6.61 Å². The zero-order chi connectivity index (χ0) is 15.6. The second-order valence-corrected chi connectivity index (χ2v) is 5.31. The van der Waals surface area contributed by atoms with Crippen molar-refractivity contribution >= 4 is 21.7 Å². The summed E-state index contributed by atoms with van der Waals surface area (Å²) in [4.78, 5) is 12.3. The van der Waals surface area contributed by atoms with Gasteiger partial charge in [0, 0.05) is 5.56 Å². The topological polar surface area (TPSA) is 26.3 Å². The summed E-state index contributed by atoms with van der Waals surface area (Å²) in [7, 11) is 0. The number of carbonyl (C=O) groups is 1. The second-order valence-electron chi connectivity index (χ2n) is 4.46. The minimum Gasteiger partial charge on any atom is -0.493 e. The van der Waals surface area contributed by atoms with Crippen LogP contribution < -0.4 is 4.74 Å². The lowest BCUT2D eigenvalue weighted by Crippen LogP contribution is -2.09. The molecule has 0 unspecified atom stereocenters. The minimum atomic E-state index is -0.867. The van der Waals surface area contributed by atoms with Crippen LogP contribution in [0.4, 0.5) is 8.78 Å². The molecule has 2 aromatic carbocycles. The molecule has 0 aliphatic carbocycles. The van der Waals surface area contributed by atoms with Crippen LogP contribution in [0.2, 0.25) is 0 Å². The van der Waals surface area contributed by atoms with Crippen molar-refractivity contribution in [3.8, 4) is 5.75 Å². The maximum Gasteiger partial charge on any atom is 0.198 e. The van der Waals surface area contributed by atoms with E-state index in [9.17, 15) is 13.6 Å². The molecular formula is C16H13BrF2O2. The first-order valence-electron chi connectivity index (χ1n) is 6.37. The van der Waals surface area contributed by atoms with Crippen LogP contribution in [0.1, 0.15) is 28.4 Å². The summed E-state index contributed by atoms with van der Waals surface area (Å²) in [6.07, 6.45) is 0. The highest BCUT2D eigenvalue weighted by molar-refractivity contribution is 9.10. The highest BCUT2D eigenvalue weighted by Gasteiger charge is 2.21. The molecule has 0 aromatic heterocycles. The molecule has 2 nitrogen and oxygen atoms in total. The Morgan fingerprint density at radius 2 is 1.95 bits per heavy atom. The molecule has 0 amide bonds. The maximum absolute atomic E-state index is 14.0. The summed E-state index contributed by atoms with van der Waals surface area (Å²) < 4.78 is 33.7. The van der Waals surface area contributed by atoms with Crippen molar-refractivity contribution < 1.29 is 18.3 Å². The molecule has 0 atom stereocenters. The van der Waals surface area contributed by atoms with E-state index < -0.39 is 23.0 Å². The number of halogens is 3. The predicted octanol–water partition coefficient (Wildman–Crippen LogP) is 4.67. The van der Waals surface area contributed by atoms with Crippen molar-refractivity contribution in [3.05, 3.63) is 63.1 Å². The van der Waals surface area contributed by atoms with Crippen LogP contribution >= 0.6 is 15.9 Å². The SMILES string of the molecule is CCOc1ccc(C(=O)c2c(F)ccc(C)c2F)cc1Br. The molecule has 0 aliphatic heterocycles. The first-order chi connectivity index (χ1) is 9.95. The van der Waals surface area contributed by atoms with Crippen LogP contribution in [0.5, 0.6) is 5.75 Å². The maximum atomic E-state index is 14.0. The zero-order valence-corrected chi connectivity index (χ0v) is 13.1. The van der Waals surface area contributed by atoms with Gasteiger partial charge < -0.3 is 4.74 Å². The lowest BCUT2D eigenvalue weighted by Gasteiger charge is -2.09. The van der Waals surface area contributed by atoms with Crippen LogP contribution in [0.3, 0.4) is 0 Å². The molecule has 0 saturated heterocycles. The van der Waals surface area contributed by atoms with Gasteiger partial charge in [-0.1, -0.05) is 6.07 Å². The number of hydrogen-bond acceptors (Lipinski definition) is 2. The smallest absolute Gasteiger partial charge is 0.198 e. The quantitative estimate of drug-likeness (QED) is 0.746. The number of aryl methyl sites for hydroxylation is 1. The van der Waals surface area contributed by atoms with Gasteiger partial charge in [-0.15, -0.1) is 0 Å². The van der Waals surface area contributed by atoms with E-state index in [0.717, 1.165) is 6.07 Å². The summed E-state index contributed by atoms with van der Waals surface area (Å²) in [5.74, 6) is -1.82. The predicted molar refractivity (Wildman–Crippen MR) is 79.8 cm³/mol. The van der Waals surface area contributed by atoms with E-state index in [1.165, 1.54) is 25.1 Å². The third-order valence-corrected chi connectivity index (χ3v) is 3.62. The van der Waals surface area contributed by atoms with E-state index in [0.29, 0.717) is 16.8 Å². The monoisotopic (exact) mass is 354 g/mol. The van der Waals surface area contributed by atoms with Crippen LogP contribution in [0.25, 0.3) is 0 Å². The van der Waals surface area contributed by atoms with Gasteiger partial charge in [-0.05, 0) is 59.6 Å². The Labute approximate surface area is 129 Å². The van der Waals surface area contributed by atoms with E-state index >= 15 is 0 Å². The highest BCUT2D eigenvalue weighted by atomic mass is 79.9. The van der Waals surface area contributed by atoms with Crippen LogP contribution in [-0.4, -0.2) is 12.4 Å². The Hall–Kier alpha value is -1.75. The van der Waals surface area contributed by atoms with Gasteiger partial charge in [-0.2, -0.15) is 0 Å². The molecule has 0 bridgehead atoms. The van der Waals surface area contributed by atoms with E-state index in [2.05, 4.69) is 15.9 Å². The van der Waals surface area contributed by atoms with E-state index in [1.54, 1.807) is 6.07 Å². The largest absolute Gasteiger partial charge is 0.493 e. The van der Waals surface area contributed by atoms with E-state index in [4.69, 9.17) is 4.74 Å². The lowest BCUT2D eigenvalue weighted by atomic mass is 10.00. The van der Waals surface area contributed by atoms with Gasteiger partial charge in [-0.25, -0.2) is 8.78 Å². The molecule has 110 valence electrons. The third-order valence-electron chi connectivity index (χ3n) is 3.01. The first-order valence-corrected chi connectivity index (χ1v) is 7.16. The van der Waals surface area contributed by atoms with Gasteiger partial charge in [-0.3, -0.25) is 4.79 Å². The van der Waals surface area contributed by atoms with Crippen LogP contribution in [0, 0.1) is 18.6 Å². The summed E-state index contributed by atoms with van der Waals surface area (Å²) >= 11 is 3.28. The Balaban J connectivity index is 2.46. The molecule has 2 rings (SSSR count). The average molecular weight is 355 g/mol. The van der Waals surface area contributed by atoms with Crippen molar-refractivity contribution in [1.29, 1.82) is 0 Å². The molecule has 0 fully saturated rings. The Morgan fingerprint density at radius 3 is 2.57 bits per heavy atom. The van der Waals surface area contributed by atoms with E-state index in [1.807, 2.05) is 6.92 Å². The fraction of sp³-hybridized carbons (Fsp3) is 0.188. The molecule has 0 aliphatic rings. The fourth-order valence-corrected chi connectivity index (χ4v) is 2.42. The number of rotatable bonds is 4. The molecular weight excluding hydrogens is 342 g/mol. The van der Waals surface area contributed by atoms with Gasteiger partial charge >= 0.3 is 0 Å². The van der Waals surface area contributed by atoms with Crippen molar-refractivity contribution in [2.24, 2.45) is 0 Å². The number of ether oxygens (including phenoxy) is 1. The number of ketones is 1. The summed E-state index contributed by atoms with van der Waals surface area (Å²) in [6.45, 7) is 3.80. The molecule has 2 aromatic rings. The van der Waals surface area contributed by atoms with Gasteiger partial charge in [0.15, 0.2) is 5.78 Å². The molecule has 5 heteroatoms.